The maximum Gasteiger partial charge on any atom is 0.278 e. The summed E-state index contributed by atoms with van der Waals surface area (Å²) in [5.74, 6) is 0.500. The predicted molar refractivity (Wildman–Crippen MR) is 77.4 cm³/mol. The fraction of sp³-hybridized carbons (Fsp3) is 0.400. The molecule has 5 heteroatoms. The van der Waals surface area contributed by atoms with Crippen molar-refractivity contribution in [3.8, 4) is 11.8 Å². The van der Waals surface area contributed by atoms with Crippen molar-refractivity contribution in [1.29, 1.82) is 5.26 Å². The number of nitro groups is 1. The number of nitriles is 1. The number of ether oxygens (including phenoxy) is 1. The summed E-state index contributed by atoms with van der Waals surface area (Å²) in [4.78, 5) is 10.6. The summed E-state index contributed by atoms with van der Waals surface area (Å²) in [7, 11) is 1.49. The molecule has 0 fully saturated rings. The molecule has 0 bridgehead atoms. The van der Waals surface area contributed by atoms with Crippen molar-refractivity contribution >= 4 is 11.3 Å². The number of hydrogen-bond donors (Lipinski definition) is 0. The van der Waals surface area contributed by atoms with E-state index in [4.69, 9.17) is 4.74 Å². The third-order valence-corrected chi connectivity index (χ3v) is 2.97. The number of rotatable bonds is 7. The van der Waals surface area contributed by atoms with Gasteiger partial charge in [0.15, 0.2) is 0 Å². The molecule has 0 N–H and O–H groups in total. The third-order valence-electron chi connectivity index (χ3n) is 2.97. The third kappa shape index (κ3) is 4.09. The van der Waals surface area contributed by atoms with E-state index in [2.05, 4.69) is 6.92 Å². The van der Waals surface area contributed by atoms with Gasteiger partial charge in [0.25, 0.3) is 5.69 Å². The summed E-state index contributed by atoms with van der Waals surface area (Å²) in [6.07, 6.45) is 5.65. The van der Waals surface area contributed by atoms with Crippen LogP contribution in [-0.2, 0) is 0 Å². The van der Waals surface area contributed by atoms with E-state index in [1.54, 1.807) is 6.08 Å². The Bertz CT molecular complexity index is 545. The van der Waals surface area contributed by atoms with Crippen LogP contribution in [0, 0.1) is 21.4 Å². The quantitative estimate of drug-likeness (QED) is 0.325. The molecule has 0 aromatic heterocycles. The molecule has 1 aromatic carbocycles. The molecule has 0 aliphatic heterocycles. The van der Waals surface area contributed by atoms with Crippen molar-refractivity contribution in [2.45, 2.75) is 32.6 Å². The molecule has 106 valence electrons. The van der Waals surface area contributed by atoms with E-state index >= 15 is 0 Å². The highest BCUT2D eigenvalue weighted by Gasteiger charge is 2.17. The highest BCUT2D eigenvalue weighted by atomic mass is 16.6. The number of nitro benzene ring substituents is 1. The van der Waals surface area contributed by atoms with Crippen LogP contribution in [0.2, 0.25) is 0 Å². The molecule has 0 amide bonds. The van der Waals surface area contributed by atoms with Crippen LogP contribution < -0.4 is 4.74 Å². The summed E-state index contributed by atoms with van der Waals surface area (Å²) < 4.78 is 5.07. The van der Waals surface area contributed by atoms with Gasteiger partial charge in [-0.3, -0.25) is 10.1 Å². The van der Waals surface area contributed by atoms with Gasteiger partial charge in [0, 0.05) is 6.07 Å². The van der Waals surface area contributed by atoms with Crippen LogP contribution in [0.25, 0.3) is 5.57 Å². The number of allylic oxidation sites excluding steroid dienone is 2. The van der Waals surface area contributed by atoms with Gasteiger partial charge >= 0.3 is 0 Å². The van der Waals surface area contributed by atoms with E-state index in [-0.39, 0.29) is 5.69 Å². The standard InChI is InChI=1S/C15H18N2O3/c1-3-4-5-6-7-12(11-16)14-10-13(20-2)8-9-15(14)17(18)19/h7-10H,3-6H2,1-2H3/b12-7+. The lowest BCUT2D eigenvalue weighted by molar-refractivity contribution is -0.385. The van der Waals surface area contributed by atoms with Crippen LogP contribution in [0.4, 0.5) is 5.69 Å². The van der Waals surface area contributed by atoms with E-state index in [1.807, 2.05) is 6.07 Å². The average molecular weight is 274 g/mol. The van der Waals surface area contributed by atoms with Gasteiger partial charge in [0.1, 0.15) is 5.75 Å². The van der Waals surface area contributed by atoms with Crippen molar-refractivity contribution in [3.05, 3.63) is 40.0 Å². The maximum atomic E-state index is 11.0. The lowest BCUT2D eigenvalue weighted by Crippen LogP contribution is -1.96. The van der Waals surface area contributed by atoms with Gasteiger partial charge in [0.05, 0.1) is 29.2 Å². The zero-order valence-corrected chi connectivity index (χ0v) is 11.8. The summed E-state index contributed by atoms with van der Waals surface area (Å²) >= 11 is 0. The Morgan fingerprint density at radius 3 is 2.80 bits per heavy atom. The SMILES string of the molecule is CCCCC/C=C(\C#N)c1cc(OC)ccc1[N+](=O)[O-]. The average Bonchev–Trinajstić information content (AvgIpc) is 2.46. The summed E-state index contributed by atoms with van der Waals surface area (Å²) in [5, 5.41) is 20.3. The smallest absolute Gasteiger partial charge is 0.278 e. The van der Waals surface area contributed by atoms with Gasteiger partial charge < -0.3 is 4.74 Å². The molecule has 0 saturated carbocycles. The van der Waals surface area contributed by atoms with E-state index in [0.29, 0.717) is 16.9 Å². The molecule has 0 atom stereocenters. The molecule has 1 rings (SSSR count). The van der Waals surface area contributed by atoms with E-state index in [0.717, 1.165) is 25.7 Å². The summed E-state index contributed by atoms with van der Waals surface area (Å²) in [6, 6.07) is 6.47. The van der Waals surface area contributed by atoms with Crippen molar-refractivity contribution in [3.63, 3.8) is 0 Å². The van der Waals surface area contributed by atoms with Crippen LogP contribution in [-0.4, -0.2) is 12.0 Å². The van der Waals surface area contributed by atoms with E-state index < -0.39 is 4.92 Å². The molecular weight excluding hydrogens is 256 g/mol. The second kappa shape index (κ2) is 7.95. The minimum Gasteiger partial charge on any atom is -0.497 e. The van der Waals surface area contributed by atoms with Gasteiger partial charge in [0.2, 0.25) is 0 Å². The Morgan fingerprint density at radius 1 is 1.50 bits per heavy atom. The molecule has 1 aromatic rings. The minimum atomic E-state index is -0.480. The Hall–Kier alpha value is -2.35. The molecule has 0 aliphatic carbocycles. The van der Waals surface area contributed by atoms with Crippen molar-refractivity contribution in [2.24, 2.45) is 0 Å². The number of nitrogens with zero attached hydrogens (tertiary/aromatic N) is 2. The van der Waals surface area contributed by atoms with Gasteiger partial charge in [-0.1, -0.05) is 25.8 Å². The van der Waals surface area contributed by atoms with Crippen LogP contribution in [0.1, 0.15) is 38.2 Å². The molecular formula is C15H18N2O3. The Morgan fingerprint density at radius 2 is 2.25 bits per heavy atom. The predicted octanol–water partition coefficient (Wildman–Crippen LogP) is 4.09. The highest BCUT2D eigenvalue weighted by Crippen LogP contribution is 2.30. The fourth-order valence-corrected chi connectivity index (χ4v) is 1.87. The first-order valence-electron chi connectivity index (χ1n) is 6.57. The van der Waals surface area contributed by atoms with Gasteiger partial charge in [-0.05, 0) is 25.0 Å². The molecule has 0 spiro atoms. The number of benzene rings is 1. The zero-order valence-electron chi connectivity index (χ0n) is 11.8. The van der Waals surface area contributed by atoms with Crippen molar-refractivity contribution in [1.82, 2.24) is 0 Å². The topological polar surface area (TPSA) is 76.2 Å². The number of hydrogen-bond acceptors (Lipinski definition) is 4. The Balaban J connectivity index is 3.12. The second-order valence-corrected chi connectivity index (χ2v) is 4.37. The first-order valence-corrected chi connectivity index (χ1v) is 6.57. The Labute approximate surface area is 118 Å². The van der Waals surface area contributed by atoms with E-state index in [9.17, 15) is 15.4 Å². The summed E-state index contributed by atoms with van der Waals surface area (Å²) in [5.41, 5.74) is 0.564. The zero-order chi connectivity index (χ0) is 15.0. The largest absolute Gasteiger partial charge is 0.497 e. The molecule has 0 unspecified atom stereocenters. The van der Waals surface area contributed by atoms with Gasteiger partial charge in [-0.2, -0.15) is 5.26 Å². The van der Waals surface area contributed by atoms with E-state index in [1.165, 1.54) is 25.3 Å². The van der Waals surface area contributed by atoms with Crippen molar-refractivity contribution < 1.29 is 9.66 Å². The lowest BCUT2D eigenvalue weighted by atomic mass is 10.0. The first kappa shape index (κ1) is 15.7. The molecule has 0 radical (unpaired) electrons. The molecule has 0 aliphatic rings. The van der Waals surface area contributed by atoms with Gasteiger partial charge in [-0.25, -0.2) is 0 Å². The van der Waals surface area contributed by atoms with Crippen LogP contribution in [0.3, 0.4) is 0 Å². The molecule has 20 heavy (non-hydrogen) atoms. The summed E-state index contributed by atoms with van der Waals surface area (Å²) in [6.45, 7) is 2.10. The maximum absolute atomic E-state index is 11.0. The first-order chi connectivity index (χ1) is 9.63. The fourth-order valence-electron chi connectivity index (χ4n) is 1.87. The number of methoxy groups -OCH3 is 1. The minimum absolute atomic E-state index is 0.0749. The van der Waals surface area contributed by atoms with Crippen molar-refractivity contribution in [2.75, 3.05) is 7.11 Å². The van der Waals surface area contributed by atoms with Crippen LogP contribution in [0.15, 0.2) is 24.3 Å². The lowest BCUT2D eigenvalue weighted by Gasteiger charge is -2.05. The molecule has 0 saturated heterocycles. The Kier molecular flexibility index (Phi) is 6.24. The monoisotopic (exact) mass is 274 g/mol. The van der Waals surface area contributed by atoms with Crippen LogP contribution >= 0.6 is 0 Å². The van der Waals surface area contributed by atoms with Crippen LogP contribution in [0.5, 0.6) is 5.75 Å². The molecule has 0 heterocycles. The van der Waals surface area contributed by atoms with Gasteiger partial charge in [-0.15, -0.1) is 0 Å². The molecule has 5 nitrogen and oxygen atoms in total. The highest BCUT2D eigenvalue weighted by molar-refractivity contribution is 5.82. The second-order valence-electron chi connectivity index (χ2n) is 4.37. The normalized spacial score (nSPS) is 10.9. The number of unbranched alkanes of at least 4 members (excludes halogenated alkanes) is 3.